The minimum absolute atomic E-state index is 0.0240. The second kappa shape index (κ2) is 10.3. The lowest BCUT2D eigenvalue weighted by Crippen LogP contribution is -2.14. The minimum atomic E-state index is -0.699. The SMILES string of the molecule is C1CCOC1.COc1ccc(C(=O)Nc2ccc(O)c(-c3c(Cl)cnn3C)c2)c(F)c1. The number of aromatic nitrogens is 2. The van der Waals surface area contributed by atoms with E-state index in [1.54, 1.807) is 7.05 Å². The van der Waals surface area contributed by atoms with Gasteiger partial charge < -0.3 is 19.9 Å². The number of hydrogen-bond acceptors (Lipinski definition) is 5. The summed E-state index contributed by atoms with van der Waals surface area (Å²) < 4.78 is 25.4. The van der Waals surface area contributed by atoms with Crippen LogP contribution in [-0.4, -0.2) is 41.1 Å². The molecule has 0 radical (unpaired) electrons. The van der Waals surface area contributed by atoms with Crippen LogP contribution in [0.2, 0.25) is 5.02 Å². The Hall–Kier alpha value is -3.10. The maximum Gasteiger partial charge on any atom is 0.258 e. The molecule has 4 rings (SSSR count). The number of halogens is 2. The Balaban J connectivity index is 0.000000478. The van der Waals surface area contributed by atoms with Crippen molar-refractivity contribution in [2.75, 3.05) is 25.6 Å². The van der Waals surface area contributed by atoms with Crippen LogP contribution in [0.3, 0.4) is 0 Å². The number of phenolic OH excluding ortho intramolecular Hbond substituents is 1. The number of carbonyl (C=O) groups is 1. The predicted octanol–water partition coefficient (Wildman–Crippen LogP) is 4.64. The van der Waals surface area contributed by atoms with Crippen LogP contribution >= 0.6 is 11.6 Å². The minimum Gasteiger partial charge on any atom is -0.507 e. The molecule has 3 aromatic rings. The summed E-state index contributed by atoms with van der Waals surface area (Å²) >= 11 is 6.11. The third kappa shape index (κ3) is 5.53. The molecule has 0 bridgehead atoms. The third-order valence-corrected chi connectivity index (χ3v) is 4.93. The van der Waals surface area contributed by atoms with Gasteiger partial charge >= 0.3 is 0 Å². The Morgan fingerprint density at radius 1 is 1.26 bits per heavy atom. The molecule has 31 heavy (non-hydrogen) atoms. The molecule has 1 aromatic heterocycles. The molecule has 1 amide bonds. The van der Waals surface area contributed by atoms with E-state index in [0.717, 1.165) is 19.3 Å². The maximum atomic E-state index is 14.1. The van der Waals surface area contributed by atoms with Crippen molar-refractivity contribution in [3.63, 3.8) is 0 Å². The van der Waals surface area contributed by atoms with Gasteiger partial charge in [-0.25, -0.2) is 4.39 Å². The first kappa shape index (κ1) is 22.6. The molecule has 1 aliphatic rings. The van der Waals surface area contributed by atoms with Crippen LogP contribution in [0.15, 0.2) is 42.6 Å². The number of benzene rings is 2. The number of amides is 1. The molecule has 164 valence electrons. The van der Waals surface area contributed by atoms with E-state index in [-0.39, 0.29) is 11.3 Å². The maximum absolute atomic E-state index is 14.1. The van der Waals surface area contributed by atoms with Gasteiger partial charge in [-0.3, -0.25) is 9.48 Å². The monoisotopic (exact) mass is 447 g/mol. The number of nitrogens with zero attached hydrogens (tertiary/aromatic N) is 2. The third-order valence-electron chi connectivity index (χ3n) is 4.65. The number of phenols is 1. The number of aromatic hydroxyl groups is 1. The predicted molar refractivity (Wildman–Crippen MR) is 116 cm³/mol. The summed E-state index contributed by atoms with van der Waals surface area (Å²) in [6, 6.07) is 8.42. The van der Waals surface area contributed by atoms with E-state index in [1.807, 2.05) is 0 Å². The molecule has 2 aromatic carbocycles. The highest BCUT2D eigenvalue weighted by Gasteiger charge is 2.17. The molecule has 1 saturated heterocycles. The van der Waals surface area contributed by atoms with E-state index in [0.29, 0.717) is 27.7 Å². The van der Waals surface area contributed by atoms with E-state index in [4.69, 9.17) is 21.1 Å². The lowest BCUT2D eigenvalue weighted by Gasteiger charge is -2.11. The Bertz CT molecular complexity index is 1040. The molecule has 0 saturated carbocycles. The summed E-state index contributed by atoms with van der Waals surface area (Å²) in [4.78, 5) is 12.4. The number of ether oxygens (including phenoxy) is 2. The van der Waals surface area contributed by atoms with Crippen molar-refractivity contribution in [1.29, 1.82) is 0 Å². The molecule has 0 unspecified atom stereocenters. The topological polar surface area (TPSA) is 85.6 Å². The van der Waals surface area contributed by atoms with Gasteiger partial charge in [0.05, 0.1) is 29.6 Å². The van der Waals surface area contributed by atoms with Gasteiger partial charge in [-0.2, -0.15) is 5.10 Å². The van der Waals surface area contributed by atoms with Gasteiger partial charge in [0, 0.05) is 37.6 Å². The molecular weight excluding hydrogens is 425 g/mol. The number of hydrogen-bond donors (Lipinski definition) is 2. The smallest absolute Gasteiger partial charge is 0.258 e. The molecular formula is C22H23ClFN3O4. The highest BCUT2D eigenvalue weighted by Crippen LogP contribution is 2.35. The second-order valence-electron chi connectivity index (χ2n) is 6.82. The zero-order chi connectivity index (χ0) is 22.4. The van der Waals surface area contributed by atoms with Crippen LogP contribution in [0.25, 0.3) is 11.3 Å². The summed E-state index contributed by atoms with van der Waals surface area (Å²) in [5.74, 6) is -1.03. The van der Waals surface area contributed by atoms with Gasteiger partial charge in [0.2, 0.25) is 0 Å². The van der Waals surface area contributed by atoms with E-state index in [9.17, 15) is 14.3 Å². The molecule has 7 nitrogen and oxygen atoms in total. The highest BCUT2D eigenvalue weighted by molar-refractivity contribution is 6.33. The van der Waals surface area contributed by atoms with Gasteiger partial charge in [-0.15, -0.1) is 0 Å². The van der Waals surface area contributed by atoms with Gasteiger partial charge in [-0.1, -0.05) is 11.6 Å². The van der Waals surface area contributed by atoms with Gasteiger partial charge in [0.25, 0.3) is 5.91 Å². The normalized spacial score (nSPS) is 12.8. The van der Waals surface area contributed by atoms with Crippen molar-refractivity contribution >= 4 is 23.2 Å². The zero-order valence-electron chi connectivity index (χ0n) is 17.2. The molecule has 1 aliphatic heterocycles. The molecule has 0 atom stereocenters. The zero-order valence-corrected chi connectivity index (χ0v) is 17.9. The number of carbonyl (C=O) groups excluding carboxylic acids is 1. The Morgan fingerprint density at radius 2 is 2.00 bits per heavy atom. The van der Waals surface area contributed by atoms with Crippen LogP contribution in [0, 0.1) is 5.82 Å². The number of nitrogens with one attached hydrogen (secondary N) is 1. The molecule has 2 heterocycles. The lowest BCUT2D eigenvalue weighted by atomic mass is 10.1. The number of aryl methyl sites for hydroxylation is 1. The lowest BCUT2D eigenvalue weighted by molar-refractivity contribution is 0.102. The van der Waals surface area contributed by atoms with Crippen LogP contribution in [0.1, 0.15) is 23.2 Å². The quantitative estimate of drug-likeness (QED) is 0.569. The van der Waals surface area contributed by atoms with E-state index in [1.165, 1.54) is 61.2 Å². The van der Waals surface area contributed by atoms with Crippen LogP contribution in [-0.2, 0) is 11.8 Å². The number of anilines is 1. The second-order valence-corrected chi connectivity index (χ2v) is 7.22. The molecule has 1 fully saturated rings. The average Bonchev–Trinajstić information content (AvgIpc) is 3.43. The summed E-state index contributed by atoms with van der Waals surface area (Å²) in [6.45, 7) is 2.00. The molecule has 2 N–H and O–H groups in total. The van der Waals surface area contributed by atoms with Crippen LogP contribution in [0.4, 0.5) is 10.1 Å². The standard InChI is InChI=1S/C18H15ClFN3O3.C4H8O/c1-23-17(14(19)9-21-23)13-7-10(3-6-16(13)24)22-18(25)12-5-4-11(26-2)8-15(12)20;1-2-4-5-3-1/h3-9,24H,1-2H3,(H,22,25);1-4H2. The van der Waals surface area contributed by atoms with Crippen molar-refractivity contribution in [1.82, 2.24) is 9.78 Å². The summed E-state index contributed by atoms with van der Waals surface area (Å²) in [6.07, 6.45) is 4.01. The Labute approximate surface area is 184 Å². The first-order valence-corrected chi connectivity index (χ1v) is 10.0. The van der Waals surface area contributed by atoms with Crippen molar-refractivity contribution in [2.24, 2.45) is 7.05 Å². The largest absolute Gasteiger partial charge is 0.507 e. The average molecular weight is 448 g/mol. The van der Waals surface area contributed by atoms with E-state index >= 15 is 0 Å². The van der Waals surface area contributed by atoms with Crippen molar-refractivity contribution in [3.8, 4) is 22.8 Å². The number of methoxy groups -OCH3 is 1. The molecule has 0 spiro atoms. The summed E-state index contributed by atoms with van der Waals surface area (Å²) in [5.41, 5.74) is 1.13. The van der Waals surface area contributed by atoms with Gasteiger partial charge in [0.15, 0.2) is 0 Å². The number of rotatable bonds is 4. The van der Waals surface area contributed by atoms with Gasteiger partial charge in [0.1, 0.15) is 17.3 Å². The van der Waals surface area contributed by atoms with E-state index in [2.05, 4.69) is 10.4 Å². The van der Waals surface area contributed by atoms with E-state index < -0.39 is 11.7 Å². The molecule has 0 aliphatic carbocycles. The van der Waals surface area contributed by atoms with Crippen LogP contribution in [0.5, 0.6) is 11.5 Å². The van der Waals surface area contributed by atoms with Crippen molar-refractivity contribution in [2.45, 2.75) is 12.8 Å². The van der Waals surface area contributed by atoms with Crippen molar-refractivity contribution < 1.29 is 23.8 Å². The van der Waals surface area contributed by atoms with Crippen molar-refractivity contribution in [3.05, 3.63) is 59.0 Å². The fraction of sp³-hybridized carbons (Fsp3) is 0.273. The van der Waals surface area contributed by atoms with Gasteiger partial charge in [-0.05, 0) is 43.2 Å². The first-order chi connectivity index (χ1) is 14.9. The first-order valence-electron chi connectivity index (χ1n) is 9.64. The Kier molecular flexibility index (Phi) is 7.49. The molecule has 9 heteroatoms. The fourth-order valence-electron chi connectivity index (χ4n) is 3.03. The summed E-state index contributed by atoms with van der Waals surface area (Å²) in [7, 11) is 3.09. The Morgan fingerprint density at radius 3 is 2.55 bits per heavy atom. The van der Waals surface area contributed by atoms with Crippen LogP contribution < -0.4 is 10.1 Å². The highest BCUT2D eigenvalue weighted by atomic mass is 35.5. The summed E-state index contributed by atoms with van der Waals surface area (Å²) in [5, 5.41) is 17.1. The fourth-order valence-corrected chi connectivity index (χ4v) is 3.30.